The van der Waals surface area contributed by atoms with E-state index in [2.05, 4.69) is 19.9 Å². The number of H-pyrrole nitrogens is 1. The third-order valence-corrected chi connectivity index (χ3v) is 6.05. The van der Waals surface area contributed by atoms with Crippen LogP contribution in [0.25, 0.3) is 22.0 Å². The molecule has 0 amide bonds. The Kier molecular flexibility index (Phi) is 5.15. The molecule has 0 spiro atoms. The first kappa shape index (κ1) is 20.8. The van der Waals surface area contributed by atoms with Crippen LogP contribution in [0.3, 0.4) is 0 Å². The normalized spacial score (nSPS) is 11.6. The Bertz CT molecular complexity index is 1430. The quantitative estimate of drug-likeness (QED) is 0.410. The zero-order valence-electron chi connectivity index (χ0n) is 15.8. The van der Waals surface area contributed by atoms with E-state index in [-0.39, 0.29) is 22.3 Å². The number of methoxy groups -OCH3 is 1. The van der Waals surface area contributed by atoms with Crippen LogP contribution in [-0.2, 0) is 10.0 Å². The van der Waals surface area contributed by atoms with Crippen molar-refractivity contribution in [1.29, 1.82) is 0 Å². The molecule has 31 heavy (non-hydrogen) atoms. The molecular formula is C19H14ClF2N5O3S. The van der Waals surface area contributed by atoms with Crippen LogP contribution in [0.4, 0.5) is 20.3 Å². The van der Waals surface area contributed by atoms with Gasteiger partial charge in [-0.25, -0.2) is 22.2 Å². The number of ether oxygens (including phenoxy) is 1. The van der Waals surface area contributed by atoms with Gasteiger partial charge in [-0.3, -0.25) is 9.82 Å². The van der Waals surface area contributed by atoms with E-state index in [9.17, 15) is 12.8 Å². The highest BCUT2D eigenvalue weighted by molar-refractivity contribution is 7.92. The lowest BCUT2D eigenvalue weighted by atomic mass is 10.0. The van der Waals surface area contributed by atoms with Crippen LogP contribution in [0.5, 0.6) is 5.88 Å². The molecular weight excluding hydrogens is 452 g/mol. The van der Waals surface area contributed by atoms with Crippen molar-refractivity contribution in [3.63, 3.8) is 0 Å². The van der Waals surface area contributed by atoms with E-state index in [1.54, 1.807) is 6.07 Å². The summed E-state index contributed by atoms with van der Waals surface area (Å²) in [5.41, 5.74) is 5.45. The Morgan fingerprint density at radius 2 is 1.97 bits per heavy atom. The molecule has 0 unspecified atom stereocenters. The van der Waals surface area contributed by atoms with Crippen molar-refractivity contribution >= 4 is 44.0 Å². The number of aromatic amines is 1. The molecule has 4 aromatic rings. The highest BCUT2D eigenvalue weighted by atomic mass is 35.5. The molecule has 0 saturated heterocycles. The van der Waals surface area contributed by atoms with Gasteiger partial charge in [0.2, 0.25) is 5.88 Å². The Balaban J connectivity index is 1.80. The van der Waals surface area contributed by atoms with Gasteiger partial charge in [-0.05, 0) is 35.9 Å². The number of hydrogen-bond acceptors (Lipinski definition) is 6. The van der Waals surface area contributed by atoms with Crippen LogP contribution in [0, 0.1) is 11.6 Å². The fourth-order valence-corrected chi connectivity index (χ4v) is 4.47. The number of sulfonamides is 1. The van der Waals surface area contributed by atoms with Crippen LogP contribution >= 0.6 is 11.6 Å². The van der Waals surface area contributed by atoms with Crippen molar-refractivity contribution in [3.8, 4) is 17.0 Å². The number of nitrogens with zero attached hydrogens (tertiary/aromatic N) is 2. The maximum Gasteiger partial charge on any atom is 0.267 e. The molecule has 0 saturated carbocycles. The molecule has 0 atom stereocenters. The number of rotatable bonds is 5. The second kappa shape index (κ2) is 7.67. The summed E-state index contributed by atoms with van der Waals surface area (Å²) in [6.07, 6.45) is 1.20. The second-order valence-electron chi connectivity index (χ2n) is 6.42. The molecule has 0 radical (unpaired) electrons. The maximum absolute atomic E-state index is 15.2. The monoisotopic (exact) mass is 465 g/mol. The van der Waals surface area contributed by atoms with Gasteiger partial charge in [0.15, 0.2) is 16.5 Å². The summed E-state index contributed by atoms with van der Waals surface area (Å²) in [4.78, 5) is 3.39. The number of fused-ring (bicyclic) bond motifs is 1. The van der Waals surface area contributed by atoms with Crippen LogP contribution in [0.15, 0.2) is 47.5 Å². The van der Waals surface area contributed by atoms with E-state index < -0.39 is 37.8 Å². The smallest absolute Gasteiger partial charge is 0.267 e. The predicted octanol–water partition coefficient (Wildman–Crippen LogP) is 3.95. The van der Waals surface area contributed by atoms with Gasteiger partial charge in [0.25, 0.3) is 10.0 Å². The SMILES string of the molecule is COc1ncc(Cl)cc1S(=O)(=O)Nc1ccc(F)c(-c2ccc3c(N)n[nH]c3c2)c1F. The van der Waals surface area contributed by atoms with Gasteiger partial charge in [0.1, 0.15) is 5.82 Å². The van der Waals surface area contributed by atoms with E-state index in [1.165, 1.54) is 25.4 Å². The number of nitrogens with two attached hydrogens (primary N) is 1. The minimum Gasteiger partial charge on any atom is -0.480 e. The minimum absolute atomic E-state index is 0.0357. The predicted molar refractivity (Wildman–Crippen MR) is 112 cm³/mol. The van der Waals surface area contributed by atoms with Gasteiger partial charge in [-0.15, -0.1) is 0 Å². The summed E-state index contributed by atoms with van der Waals surface area (Å²) in [5, 5.41) is 7.13. The summed E-state index contributed by atoms with van der Waals surface area (Å²) < 4.78 is 62.5. The molecule has 2 heterocycles. The van der Waals surface area contributed by atoms with Crippen LogP contribution in [0.1, 0.15) is 0 Å². The van der Waals surface area contributed by atoms with Crippen LogP contribution in [0.2, 0.25) is 5.02 Å². The number of aromatic nitrogens is 3. The van der Waals surface area contributed by atoms with Gasteiger partial charge < -0.3 is 10.5 Å². The van der Waals surface area contributed by atoms with Crippen molar-refractivity contribution in [2.75, 3.05) is 17.6 Å². The van der Waals surface area contributed by atoms with E-state index in [4.69, 9.17) is 22.1 Å². The molecule has 0 aliphatic carbocycles. The number of halogens is 3. The van der Waals surface area contributed by atoms with Gasteiger partial charge in [0, 0.05) is 11.6 Å². The minimum atomic E-state index is -4.36. The number of hydrogen-bond donors (Lipinski definition) is 3. The third-order valence-electron chi connectivity index (χ3n) is 4.48. The Morgan fingerprint density at radius 3 is 2.71 bits per heavy atom. The largest absolute Gasteiger partial charge is 0.480 e. The molecule has 4 rings (SSSR count). The molecule has 160 valence electrons. The standard InChI is InChI=1S/C19H14ClF2N5O3S/c1-30-19-15(7-10(20)8-24-19)31(28,29)27-13-5-4-12(21)16(17(13)22)9-2-3-11-14(6-9)25-26-18(11)23/h2-8,27H,1H3,(H3,23,25,26). The summed E-state index contributed by atoms with van der Waals surface area (Å²) in [6, 6.07) is 7.51. The molecule has 8 nitrogen and oxygen atoms in total. The lowest BCUT2D eigenvalue weighted by Crippen LogP contribution is -2.16. The number of pyridine rings is 1. The first-order chi connectivity index (χ1) is 14.7. The molecule has 4 N–H and O–H groups in total. The third kappa shape index (κ3) is 3.73. The Morgan fingerprint density at radius 1 is 1.19 bits per heavy atom. The molecule has 0 bridgehead atoms. The highest BCUT2D eigenvalue weighted by Gasteiger charge is 2.25. The molecule has 2 aromatic heterocycles. The van der Waals surface area contributed by atoms with Crippen molar-refractivity contribution < 1.29 is 21.9 Å². The topological polar surface area (TPSA) is 123 Å². The van der Waals surface area contributed by atoms with Gasteiger partial charge in [-0.1, -0.05) is 17.7 Å². The zero-order valence-corrected chi connectivity index (χ0v) is 17.4. The fraction of sp³-hybridized carbons (Fsp3) is 0.0526. The van der Waals surface area contributed by atoms with Gasteiger partial charge in [-0.2, -0.15) is 5.10 Å². The maximum atomic E-state index is 15.2. The molecule has 0 fully saturated rings. The van der Waals surface area contributed by atoms with Gasteiger partial charge >= 0.3 is 0 Å². The Hall–Kier alpha value is -3.44. The lowest BCUT2D eigenvalue weighted by Gasteiger charge is -2.14. The summed E-state index contributed by atoms with van der Waals surface area (Å²) in [7, 11) is -3.13. The van der Waals surface area contributed by atoms with Crippen molar-refractivity contribution in [2.45, 2.75) is 4.90 Å². The molecule has 0 aliphatic heterocycles. The van der Waals surface area contributed by atoms with E-state index in [0.717, 1.165) is 18.2 Å². The molecule has 0 aliphatic rings. The van der Waals surface area contributed by atoms with Gasteiger partial charge in [0.05, 0.1) is 28.9 Å². The average Bonchev–Trinajstić information content (AvgIpc) is 3.10. The van der Waals surface area contributed by atoms with E-state index in [1.807, 2.05) is 0 Å². The summed E-state index contributed by atoms with van der Waals surface area (Å²) in [5.74, 6) is -1.98. The number of nitrogen functional groups attached to an aromatic ring is 1. The average molecular weight is 466 g/mol. The lowest BCUT2D eigenvalue weighted by molar-refractivity contribution is 0.385. The number of anilines is 2. The van der Waals surface area contributed by atoms with Crippen molar-refractivity contribution in [2.24, 2.45) is 0 Å². The van der Waals surface area contributed by atoms with Crippen molar-refractivity contribution in [1.82, 2.24) is 15.2 Å². The Labute approximate surface area is 180 Å². The summed E-state index contributed by atoms with van der Waals surface area (Å²) >= 11 is 5.84. The van der Waals surface area contributed by atoms with E-state index >= 15 is 4.39 Å². The number of benzene rings is 2. The summed E-state index contributed by atoms with van der Waals surface area (Å²) in [6.45, 7) is 0. The highest BCUT2D eigenvalue weighted by Crippen LogP contribution is 2.34. The zero-order chi connectivity index (χ0) is 22.3. The van der Waals surface area contributed by atoms with Crippen LogP contribution < -0.4 is 15.2 Å². The second-order valence-corrected chi connectivity index (χ2v) is 8.51. The van der Waals surface area contributed by atoms with Crippen molar-refractivity contribution in [3.05, 3.63) is 59.3 Å². The molecule has 2 aromatic carbocycles. The first-order valence-electron chi connectivity index (χ1n) is 8.65. The fourth-order valence-electron chi connectivity index (χ4n) is 3.05. The number of nitrogens with one attached hydrogen (secondary N) is 2. The van der Waals surface area contributed by atoms with Crippen LogP contribution in [-0.4, -0.2) is 30.7 Å². The molecule has 12 heteroatoms. The van der Waals surface area contributed by atoms with E-state index in [0.29, 0.717) is 10.9 Å². The first-order valence-corrected chi connectivity index (χ1v) is 10.5.